The smallest absolute Gasteiger partial charge is 0.407 e. The number of carbonyl (C=O) groups excluding carboxylic acids is 1. The first kappa shape index (κ1) is 14.3. The first-order valence-corrected chi connectivity index (χ1v) is 6.19. The number of amides is 1. The molecule has 0 unspecified atom stereocenters. The Kier molecular flexibility index (Phi) is 4.77. The number of β-amino-alcohol motifs (C(OH)–C–C–N with tert-alkyl or cyclic N) is 1. The van der Waals surface area contributed by atoms with Gasteiger partial charge in [-0.2, -0.15) is 0 Å². The molecule has 0 saturated carbocycles. The number of ether oxygens (including phenoxy) is 1. The van der Waals surface area contributed by atoms with E-state index in [0.29, 0.717) is 12.6 Å². The van der Waals surface area contributed by atoms with Crippen LogP contribution in [0.2, 0.25) is 0 Å². The van der Waals surface area contributed by atoms with E-state index < -0.39 is 17.8 Å². The Labute approximate surface area is 103 Å². The molecule has 5 nitrogen and oxygen atoms in total. The van der Waals surface area contributed by atoms with Crippen molar-refractivity contribution in [1.82, 2.24) is 10.6 Å². The van der Waals surface area contributed by atoms with E-state index in [1.807, 2.05) is 20.8 Å². The lowest BCUT2D eigenvalue weighted by Gasteiger charge is -2.25. The van der Waals surface area contributed by atoms with Gasteiger partial charge in [0.25, 0.3) is 0 Å². The molecule has 17 heavy (non-hydrogen) atoms. The van der Waals surface area contributed by atoms with E-state index in [4.69, 9.17) is 4.74 Å². The Morgan fingerprint density at radius 2 is 2.06 bits per heavy atom. The number of hydrogen-bond acceptors (Lipinski definition) is 4. The number of aliphatic hydroxyl groups excluding tert-OH is 1. The van der Waals surface area contributed by atoms with Crippen molar-refractivity contribution in [3.63, 3.8) is 0 Å². The number of aliphatic hydroxyl groups is 1. The Morgan fingerprint density at radius 3 is 2.65 bits per heavy atom. The molecular formula is C12H24N2O3. The summed E-state index contributed by atoms with van der Waals surface area (Å²) in [6.07, 6.45) is 0.662. The van der Waals surface area contributed by atoms with Crippen LogP contribution in [0.25, 0.3) is 0 Å². The molecular weight excluding hydrogens is 220 g/mol. The van der Waals surface area contributed by atoms with Crippen LogP contribution in [0.4, 0.5) is 4.79 Å². The van der Waals surface area contributed by atoms with E-state index in [1.165, 1.54) is 0 Å². The summed E-state index contributed by atoms with van der Waals surface area (Å²) < 4.78 is 5.17. The van der Waals surface area contributed by atoms with E-state index in [1.54, 1.807) is 0 Å². The van der Waals surface area contributed by atoms with Gasteiger partial charge in [-0.3, -0.25) is 0 Å². The molecule has 100 valence electrons. The average Bonchev–Trinajstić information content (AvgIpc) is 2.30. The summed E-state index contributed by atoms with van der Waals surface area (Å²) in [7, 11) is 0. The maximum atomic E-state index is 11.6. The number of nitrogens with one attached hydrogen (secondary N) is 2. The van der Waals surface area contributed by atoms with Crippen molar-refractivity contribution in [2.75, 3.05) is 6.54 Å². The lowest BCUT2D eigenvalue weighted by molar-refractivity contribution is 0.0426. The monoisotopic (exact) mass is 244 g/mol. The molecule has 1 saturated heterocycles. The highest BCUT2D eigenvalue weighted by Gasteiger charge is 2.27. The van der Waals surface area contributed by atoms with Gasteiger partial charge in [0.2, 0.25) is 0 Å². The molecule has 1 aliphatic heterocycles. The third-order valence-corrected chi connectivity index (χ3v) is 2.75. The van der Waals surface area contributed by atoms with Crippen LogP contribution in [-0.2, 0) is 4.74 Å². The van der Waals surface area contributed by atoms with Crippen molar-refractivity contribution in [3.05, 3.63) is 0 Å². The van der Waals surface area contributed by atoms with Crippen molar-refractivity contribution in [3.8, 4) is 0 Å². The number of carbonyl (C=O) groups is 1. The molecule has 1 fully saturated rings. The van der Waals surface area contributed by atoms with Gasteiger partial charge in [-0.15, -0.1) is 0 Å². The van der Waals surface area contributed by atoms with E-state index in [2.05, 4.69) is 17.6 Å². The van der Waals surface area contributed by atoms with Crippen LogP contribution in [0.5, 0.6) is 0 Å². The quantitative estimate of drug-likeness (QED) is 0.644. The molecule has 5 heteroatoms. The molecule has 1 aliphatic rings. The third kappa shape index (κ3) is 5.37. The Bertz CT molecular complexity index is 263. The summed E-state index contributed by atoms with van der Waals surface area (Å²) in [4.78, 5) is 11.6. The normalized spacial score (nSPS) is 30.5. The lowest BCUT2D eigenvalue weighted by atomic mass is 10.1. The minimum absolute atomic E-state index is 0.234. The van der Waals surface area contributed by atoms with Crippen LogP contribution in [0.1, 0.15) is 40.5 Å². The molecule has 1 rings (SSSR count). The summed E-state index contributed by atoms with van der Waals surface area (Å²) in [5, 5.41) is 15.8. The van der Waals surface area contributed by atoms with Crippen LogP contribution < -0.4 is 10.6 Å². The topological polar surface area (TPSA) is 70.6 Å². The van der Waals surface area contributed by atoms with Crippen molar-refractivity contribution in [2.24, 2.45) is 0 Å². The molecule has 1 heterocycles. The summed E-state index contributed by atoms with van der Waals surface area (Å²) in [5.74, 6) is 0. The lowest BCUT2D eigenvalue weighted by Crippen LogP contribution is -2.47. The predicted molar refractivity (Wildman–Crippen MR) is 65.9 cm³/mol. The first-order chi connectivity index (χ1) is 7.78. The second-order valence-corrected chi connectivity index (χ2v) is 5.71. The molecule has 3 N–H and O–H groups in total. The largest absolute Gasteiger partial charge is 0.444 e. The summed E-state index contributed by atoms with van der Waals surface area (Å²) in [6.45, 7) is 8.03. The van der Waals surface area contributed by atoms with Crippen LogP contribution >= 0.6 is 0 Å². The molecule has 0 radical (unpaired) electrons. The van der Waals surface area contributed by atoms with Crippen LogP contribution in [0.3, 0.4) is 0 Å². The van der Waals surface area contributed by atoms with Gasteiger partial charge >= 0.3 is 6.09 Å². The Balaban J connectivity index is 2.46. The maximum absolute atomic E-state index is 11.6. The fourth-order valence-electron chi connectivity index (χ4n) is 1.82. The molecule has 0 spiro atoms. The fourth-order valence-corrected chi connectivity index (χ4v) is 1.82. The predicted octanol–water partition coefficient (Wildman–Crippen LogP) is 1.01. The average molecular weight is 244 g/mol. The number of rotatable bonds is 1. The van der Waals surface area contributed by atoms with E-state index >= 15 is 0 Å². The molecule has 3 atom stereocenters. The molecule has 0 aromatic heterocycles. The Hall–Kier alpha value is -0.810. The second-order valence-electron chi connectivity index (χ2n) is 5.71. The molecule has 1 amide bonds. The fraction of sp³-hybridized carbons (Fsp3) is 0.917. The molecule has 0 aliphatic carbocycles. The summed E-state index contributed by atoms with van der Waals surface area (Å²) in [6, 6.07) is 0.136. The minimum atomic E-state index is -0.563. The van der Waals surface area contributed by atoms with Crippen LogP contribution in [0, 0.1) is 0 Å². The first-order valence-electron chi connectivity index (χ1n) is 6.19. The minimum Gasteiger partial charge on any atom is -0.444 e. The van der Waals surface area contributed by atoms with Gasteiger partial charge < -0.3 is 20.5 Å². The third-order valence-electron chi connectivity index (χ3n) is 2.75. The highest BCUT2D eigenvalue weighted by Crippen LogP contribution is 2.12. The standard InChI is InChI=1S/C12H24N2O3/c1-8-5-6-9(10(15)7-13-8)14-11(16)17-12(2,3)4/h8-10,13,15H,5-7H2,1-4H3,(H,14,16)/t8-,9+,10+/m1/s1. The second kappa shape index (κ2) is 5.69. The summed E-state index contributed by atoms with van der Waals surface area (Å²) in [5.41, 5.74) is -0.509. The maximum Gasteiger partial charge on any atom is 0.407 e. The molecule has 0 bridgehead atoms. The van der Waals surface area contributed by atoms with Crippen LogP contribution in [-0.4, -0.2) is 41.5 Å². The zero-order valence-corrected chi connectivity index (χ0v) is 11.1. The van der Waals surface area contributed by atoms with Gasteiger partial charge in [0, 0.05) is 12.6 Å². The van der Waals surface area contributed by atoms with Gasteiger partial charge in [0.1, 0.15) is 5.60 Å². The van der Waals surface area contributed by atoms with Gasteiger partial charge in [0.05, 0.1) is 12.1 Å². The number of alkyl carbamates (subject to hydrolysis) is 1. The van der Waals surface area contributed by atoms with Gasteiger partial charge in [0.15, 0.2) is 0 Å². The van der Waals surface area contributed by atoms with Gasteiger partial charge in [-0.05, 0) is 40.5 Å². The molecule has 0 aromatic carbocycles. The van der Waals surface area contributed by atoms with Crippen molar-refractivity contribution >= 4 is 6.09 Å². The SMILES string of the molecule is C[C@@H]1CC[C@H](NC(=O)OC(C)(C)C)[C@@H](O)CN1. The number of hydrogen-bond donors (Lipinski definition) is 3. The Morgan fingerprint density at radius 1 is 1.41 bits per heavy atom. The van der Waals surface area contributed by atoms with E-state index in [9.17, 15) is 9.90 Å². The highest BCUT2D eigenvalue weighted by molar-refractivity contribution is 5.68. The van der Waals surface area contributed by atoms with Gasteiger partial charge in [-0.25, -0.2) is 4.79 Å². The van der Waals surface area contributed by atoms with Gasteiger partial charge in [-0.1, -0.05) is 0 Å². The van der Waals surface area contributed by atoms with Crippen LogP contribution in [0.15, 0.2) is 0 Å². The van der Waals surface area contributed by atoms with Crippen molar-refractivity contribution < 1.29 is 14.6 Å². The molecule has 0 aromatic rings. The zero-order chi connectivity index (χ0) is 13.1. The van der Waals surface area contributed by atoms with E-state index in [-0.39, 0.29) is 6.04 Å². The highest BCUT2D eigenvalue weighted by atomic mass is 16.6. The van der Waals surface area contributed by atoms with E-state index in [0.717, 1.165) is 12.8 Å². The van der Waals surface area contributed by atoms with Crippen molar-refractivity contribution in [2.45, 2.75) is 64.3 Å². The van der Waals surface area contributed by atoms with Crippen molar-refractivity contribution in [1.29, 1.82) is 0 Å². The zero-order valence-electron chi connectivity index (χ0n) is 11.1. The summed E-state index contributed by atoms with van der Waals surface area (Å²) >= 11 is 0.